The lowest BCUT2D eigenvalue weighted by molar-refractivity contribution is -0.192. The van der Waals surface area contributed by atoms with E-state index in [1.807, 2.05) is 17.7 Å². The number of nitrogens with zero attached hydrogens (tertiary/aromatic N) is 4. The van der Waals surface area contributed by atoms with E-state index in [9.17, 15) is 18.0 Å². The molecule has 0 fully saturated rings. The molecule has 2 aromatic rings. The lowest BCUT2D eigenvalue weighted by atomic mass is 10.1. The highest BCUT2D eigenvalue weighted by Crippen LogP contribution is 2.18. The highest BCUT2D eigenvalue weighted by atomic mass is 19.4. The Balaban J connectivity index is 0.000000370. The summed E-state index contributed by atoms with van der Waals surface area (Å²) in [6.07, 6.45) is -3.32. The minimum atomic E-state index is -5.08. The fourth-order valence-electron chi connectivity index (χ4n) is 2.71. The van der Waals surface area contributed by atoms with Crippen molar-refractivity contribution in [1.29, 1.82) is 0 Å². The van der Waals surface area contributed by atoms with Crippen molar-refractivity contribution in [3.63, 3.8) is 0 Å². The molecule has 0 aliphatic carbocycles. The van der Waals surface area contributed by atoms with Gasteiger partial charge in [-0.1, -0.05) is 5.16 Å². The normalized spacial score (nSPS) is 16.4. The third kappa shape index (κ3) is 6.31. The van der Waals surface area contributed by atoms with Crippen LogP contribution in [0.3, 0.4) is 0 Å². The van der Waals surface area contributed by atoms with E-state index in [4.69, 9.17) is 19.2 Å². The van der Waals surface area contributed by atoms with Gasteiger partial charge in [0.2, 0.25) is 0 Å². The average molecular weight is 418 g/mol. The largest absolute Gasteiger partial charge is 0.490 e. The number of ether oxygens (including phenoxy) is 1. The van der Waals surface area contributed by atoms with E-state index in [1.165, 1.54) is 0 Å². The van der Waals surface area contributed by atoms with Crippen molar-refractivity contribution >= 4 is 11.9 Å². The molecule has 2 aromatic heterocycles. The van der Waals surface area contributed by atoms with E-state index in [-0.39, 0.29) is 11.8 Å². The molecule has 1 amide bonds. The maximum Gasteiger partial charge on any atom is 0.490 e. The lowest BCUT2D eigenvalue weighted by Crippen LogP contribution is -2.35. The number of carboxylic acid groups (broad SMARTS) is 1. The van der Waals surface area contributed by atoms with Crippen LogP contribution in [-0.4, -0.2) is 62.8 Å². The first-order valence-electron chi connectivity index (χ1n) is 8.73. The molecule has 0 spiro atoms. The standard InChI is InChI=1S/C15H20N4O3.C2HF3O2/c1-3-21-10-12-7-18(9-13-4-5-16-19(13)8-12)15(20)14-6-11(2)22-17-14;3-2(4,5)1(6)7/h4-6,12H,3,7-10H2,1-2H3;(H,6,7). The van der Waals surface area contributed by atoms with E-state index in [2.05, 4.69) is 10.3 Å². The molecular formula is C17H21F3N4O5. The van der Waals surface area contributed by atoms with Crippen LogP contribution in [0.1, 0.15) is 28.9 Å². The third-order valence-electron chi connectivity index (χ3n) is 4.00. The van der Waals surface area contributed by atoms with E-state index >= 15 is 0 Å². The molecule has 0 saturated carbocycles. The number of carbonyl (C=O) groups is 2. The number of rotatable bonds is 4. The Hall–Kier alpha value is -2.89. The van der Waals surface area contributed by atoms with Gasteiger partial charge in [-0.3, -0.25) is 9.48 Å². The summed E-state index contributed by atoms with van der Waals surface area (Å²) in [5.74, 6) is -2.03. The van der Waals surface area contributed by atoms with Crippen LogP contribution in [0.5, 0.6) is 0 Å². The molecule has 3 heterocycles. The third-order valence-corrected chi connectivity index (χ3v) is 4.00. The Morgan fingerprint density at radius 1 is 1.38 bits per heavy atom. The lowest BCUT2D eigenvalue weighted by Gasteiger charge is -2.23. The van der Waals surface area contributed by atoms with Crippen LogP contribution < -0.4 is 0 Å². The van der Waals surface area contributed by atoms with Gasteiger partial charge < -0.3 is 19.3 Å². The van der Waals surface area contributed by atoms with Crippen molar-refractivity contribution in [3.05, 3.63) is 35.5 Å². The highest BCUT2D eigenvalue weighted by Gasteiger charge is 2.38. The molecule has 1 N–H and O–H groups in total. The molecule has 12 heteroatoms. The predicted molar refractivity (Wildman–Crippen MR) is 91.9 cm³/mol. The Bertz CT molecular complexity index is 833. The summed E-state index contributed by atoms with van der Waals surface area (Å²) < 4.78 is 44.2. The molecule has 9 nitrogen and oxygen atoms in total. The second-order valence-electron chi connectivity index (χ2n) is 6.34. The van der Waals surface area contributed by atoms with Gasteiger partial charge in [0.05, 0.1) is 18.8 Å². The second kappa shape index (κ2) is 9.54. The molecule has 3 rings (SSSR count). The number of carbonyl (C=O) groups excluding carboxylic acids is 1. The molecule has 1 atom stereocenters. The van der Waals surface area contributed by atoms with Gasteiger partial charge in [-0.2, -0.15) is 18.3 Å². The summed E-state index contributed by atoms with van der Waals surface area (Å²) in [7, 11) is 0. The van der Waals surface area contributed by atoms with E-state index in [1.54, 1.807) is 24.1 Å². The van der Waals surface area contributed by atoms with Gasteiger partial charge in [0.15, 0.2) is 5.69 Å². The van der Waals surface area contributed by atoms with Crippen molar-refractivity contribution in [1.82, 2.24) is 19.8 Å². The van der Waals surface area contributed by atoms with Gasteiger partial charge in [0.25, 0.3) is 5.91 Å². The zero-order valence-corrected chi connectivity index (χ0v) is 15.8. The Kier molecular flexibility index (Phi) is 7.37. The van der Waals surface area contributed by atoms with Gasteiger partial charge in [0.1, 0.15) is 5.76 Å². The molecule has 160 valence electrons. The summed E-state index contributed by atoms with van der Waals surface area (Å²) >= 11 is 0. The van der Waals surface area contributed by atoms with Gasteiger partial charge in [0, 0.05) is 37.9 Å². The number of aryl methyl sites for hydroxylation is 1. The van der Waals surface area contributed by atoms with Crippen molar-refractivity contribution in [2.75, 3.05) is 19.8 Å². The SMILES string of the molecule is CCOCC1CN(C(=O)c2cc(C)on2)Cc2ccnn2C1.O=C(O)C(F)(F)F. The van der Waals surface area contributed by atoms with Crippen molar-refractivity contribution < 1.29 is 37.1 Å². The number of aromatic nitrogens is 3. The van der Waals surface area contributed by atoms with Crippen LogP contribution >= 0.6 is 0 Å². The monoisotopic (exact) mass is 418 g/mol. The van der Waals surface area contributed by atoms with Gasteiger partial charge >= 0.3 is 12.1 Å². The number of carboxylic acids is 1. The molecule has 0 bridgehead atoms. The van der Waals surface area contributed by atoms with Gasteiger partial charge in [-0.15, -0.1) is 0 Å². The van der Waals surface area contributed by atoms with Crippen molar-refractivity contribution in [2.45, 2.75) is 33.1 Å². The molecule has 1 aliphatic rings. The number of alkyl halides is 3. The van der Waals surface area contributed by atoms with Gasteiger partial charge in [-0.25, -0.2) is 4.79 Å². The molecule has 1 unspecified atom stereocenters. The molecule has 0 aromatic carbocycles. The molecular weight excluding hydrogens is 397 g/mol. The van der Waals surface area contributed by atoms with Crippen LogP contribution in [0, 0.1) is 12.8 Å². The number of hydrogen-bond acceptors (Lipinski definition) is 6. The topological polar surface area (TPSA) is 111 Å². The van der Waals surface area contributed by atoms with Crippen molar-refractivity contribution in [3.8, 4) is 0 Å². The number of halogens is 3. The zero-order valence-electron chi connectivity index (χ0n) is 15.8. The van der Waals surface area contributed by atoms with Crippen LogP contribution in [-0.2, 0) is 22.6 Å². The number of hydrogen-bond donors (Lipinski definition) is 1. The first kappa shape index (κ1) is 22.4. The zero-order chi connectivity index (χ0) is 21.6. The minimum absolute atomic E-state index is 0.118. The predicted octanol–water partition coefficient (Wildman–Crippen LogP) is 2.12. The number of fused-ring (bicyclic) bond motifs is 1. The summed E-state index contributed by atoms with van der Waals surface area (Å²) in [4.78, 5) is 23.3. The van der Waals surface area contributed by atoms with Crippen LogP contribution in [0.2, 0.25) is 0 Å². The molecule has 0 saturated heterocycles. The number of aliphatic carboxylic acids is 1. The first-order chi connectivity index (χ1) is 13.6. The number of amides is 1. The van der Waals surface area contributed by atoms with E-state index in [0.29, 0.717) is 37.8 Å². The van der Waals surface area contributed by atoms with Crippen LogP contribution in [0.4, 0.5) is 13.2 Å². The molecule has 1 aliphatic heterocycles. The Morgan fingerprint density at radius 3 is 2.62 bits per heavy atom. The summed E-state index contributed by atoms with van der Waals surface area (Å²) in [6, 6.07) is 3.61. The highest BCUT2D eigenvalue weighted by molar-refractivity contribution is 5.92. The summed E-state index contributed by atoms with van der Waals surface area (Å²) in [6.45, 7) is 6.91. The average Bonchev–Trinajstić information content (AvgIpc) is 3.23. The molecule has 0 radical (unpaired) electrons. The fraction of sp³-hybridized carbons (Fsp3) is 0.529. The second-order valence-corrected chi connectivity index (χ2v) is 6.34. The van der Waals surface area contributed by atoms with Gasteiger partial charge in [-0.05, 0) is 19.9 Å². The quantitative estimate of drug-likeness (QED) is 0.810. The summed E-state index contributed by atoms with van der Waals surface area (Å²) in [5, 5.41) is 15.3. The first-order valence-corrected chi connectivity index (χ1v) is 8.73. The summed E-state index contributed by atoms with van der Waals surface area (Å²) in [5.41, 5.74) is 1.37. The minimum Gasteiger partial charge on any atom is -0.475 e. The smallest absolute Gasteiger partial charge is 0.475 e. The molecule has 29 heavy (non-hydrogen) atoms. The Labute approximate surface area is 164 Å². The fourth-order valence-corrected chi connectivity index (χ4v) is 2.71. The Morgan fingerprint density at radius 2 is 2.07 bits per heavy atom. The maximum atomic E-state index is 12.6. The van der Waals surface area contributed by atoms with Crippen molar-refractivity contribution in [2.24, 2.45) is 5.92 Å². The van der Waals surface area contributed by atoms with E-state index < -0.39 is 12.1 Å². The van der Waals surface area contributed by atoms with E-state index in [0.717, 1.165) is 12.2 Å². The van der Waals surface area contributed by atoms with Crippen LogP contribution in [0.25, 0.3) is 0 Å². The maximum absolute atomic E-state index is 12.6. The van der Waals surface area contributed by atoms with Crippen LogP contribution in [0.15, 0.2) is 22.9 Å².